The van der Waals surface area contributed by atoms with Crippen molar-refractivity contribution < 1.29 is 4.92 Å². The third kappa shape index (κ3) is 3.58. The highest BCUT2D eigenvalue weighted by Crippen LogP contribution is 2.16. The second-order valence-electron chi connectivity index (χ2n) is 4.45. The highest BCUT2D eigenvalue weighted by atomic mass is 32.2. The molecular weight excluding hydrogens is 276 g/mol. The number of rotatable bonds is 6. The third-order valence-corrected chi connectivity index (χ3v) is 3.61. The van der Waals surface area contributed by atoms with Gasteiger partial charge in [0.2, 0.25) is 0 Å². The van der Waals surface area contributed by atoms with E-state index in [4.69, 9.17) is 0 Å². The molecule has 0 atom stereocenters. The average molecular weight is 292 g/mol. The second kappa shape index (κ2) is 6.53. The molecule has 0 amide bonds. The number of benzene rings is 1. The normalized spacial score (nSPS) is 10.9. The number of hydrogen-bond acceptors (Lipinski definition) is 5. The summed E-state index contributed by atoms with van der Waals surface area (Å²) in [7, 11) is 1.91. The summed E-state index contributed by atoms with van der Waals surface area (Å²) in [4.78, 5) is 13.6. The molecule has 106 valence electrons. The molecule has 0 aliphatic carbocycles. The number of hydrogen-bond donors (Lipinski definition) is 0. The molecule has 1 aromatic carbocycles. The molecule has 0 aliphatic rings. The van der Waals surface area contributed by atoms with Gasteiger partial charge < -0.3 is 10.1 Å². The van der Waals surface area contributed by atoms with Gasteiger partial charge >= 0.3 is 5.82 Å². The molecule has 1 heterocycles. The van der Waals surface area contributed by atoms with Crippen molar-refractivity contribution in [3.8, 4) is 0 Å². The van der Waals surface area contributed by atoms with Crippen LogP contribution in [0.3, 0.4) is 0 Å². The zero-order valence-corrected chi connectivity index (χ0v) is 12.2. The molecule has 0 saturated carbocycles. The van der Waals surface area contributed by atoms with E-state index in [9.17, 15) is 10.1 Å². The zero-order chi connectivity index (χ0) is 14.5. The minimum absolute atomic E-state index is 0.00887. The van der Waals surface area contributed by atoms with Gasteiger partial charge in [0, 0.05) is 11.4 Å². The molecule has 0 bridgehead atoms. The van der Waals surface area contributed by atoms with E-state index >= 15 is 0 Å². The number of aromatic nitrogens is 2. The highest BCUT2D eigenvalue weighted by Gasteiger charge is 2.15. The number of nitro groups is 1. The van der Waals surface area contributed by atoms with E-state index in [0.717, 1.165) is 0 Å². The van der Waals surface area contributed by atoms with E-state index in [1.165, 1.54) is 27.4 Å². The van der Waals surface area contributed by atoms with Gasteiger partial charge in [-0.2, -0.15) is 0 Å². The second-order valence-corrected chi connectivity index (χ2v) is 5.33. The van der Waals surface area contributed by atoms with Gasteiger partial charge in [-0.25, -0.2) is 0 Å². The first-order valence-corrected chi connectivity index (χ1v) is 7.30. The Balaban J connectivity index is 1.99. The molecule has 0 saturated heterocycles. The van der Waals surface area contributed by atoms with Crippen LogP contribution in [0, 0.1) is 10.1 Å². The lowest BCUT2D eigenvalue weighted by atomic mass is 10.2. The van der Waals surface area contributed by atoms with Crippen LogP contribution < -0.4 is 0 Å². The van der Waals surface area contributed by atoms with E-state index in [1.54, 1.807) is 11.8 Å². The summed E-state index contributed by atoms with van der Waals surface area (Å²) in [6, 6.07) is 9.69. The van der Waals surface area contributed by atoms with Gasteiger partial charge in [0.1, 0.15) is 0 Å². The van der Waals surface area contributed by atoms with Gasteiger partial charge in [0.15, 0.2) is 6.67 Å². The summed E-state index contributed by atoms with van der Waals surface area (Å²) in [6.07, 6.45) is 3.48. The van der Waals surface area contributed by atoms with Crippen molar-refractivity contribution in [2.75, 3.05) is 13.3 Å². The maximum absolute atomic E-state index is 10.8. The number of thioether (sulfide) groups is 1. The molecular formula is C13H16N4O2S. The van der Waals surface area contributed by atoms with Gasteiger partial charge in [-0.3, -0.25) is 4.90 Å². The molecule has 6 nitrogen and oxygen atoms in total. The maximum Gasteiger partial charge on any atom is 0.346 e. The molecule has 2 aromatic rings. The molecule has 7 heteroatoms. The van der Waals surface area contributed by atoms with E-state index in [2.05, 4.69) is 29.4 Å². The summed E-state index contributed by atoms with van der Waals surface area (Å²) < 4.78 is 1.39. The summed E-state index contributed by atoms with van der Waals surface area (Å²) in [5, 5.41) is 14.8. The molecule has 0 aliphatic heterocycles. The Kier molecular flexibility index (Phi) is 4.75. The summed E-state index contributed by atoms with van der Waals surface area (Å²) >= 11 is 1.70. The Morgan fingerprint density at radius 3 is 2.65 bits per heavy atom. The third-order valence-electron chi connectivity index (χ3n) is 2.87. The van der Waals surface area contributed by atoms with Crippen molar-refractivity contribution in [1.29, 1.82) is 0 Å². The Hall–Kier alpha value is -1.86. The van der Waals surface area contributed by atoms with Crippen LogP contribution in [0.4, 0.5) is 5.82 Å². The van der Waals surface area contributed by atoms with Crippen LogP contribution in [0.2, 0.25) is 0 Å². The van der Waals surface area contributed by atoms with Crippen LogP contribution >= 0.6 is 11.8 Å². The molecule has 1 aromatic heterocycles. The van der Waals surface area contributed by atoms with E-state index in [1.807, 2.05) is 18.2 Å². The van der Waals surface area contributed by atoms with Crippen LogP contribution in [0.5, 0.6) is 0 Å². The summed E-state index contributed by atoms with van der Waals surface area (Å²) in [6.45, 7) is 1.10. The van der Waals surface area contributed by atoms with Crippen molar-refractivity contribution in [3.05, 3.63) is 52.2 Å². The van der Waals surface area contributed by atoms with Crippen molar-refractivity contribution in [3.63, 3.8) is 0 Å². The predicted octanol–water partition coefficient (Wildman–Crippen LogP) is 2.60. The molecule has 0 spiro atoms. The topological polar surface area (TPSA) is 64.2 Å². The fourth-order valence-electron chi connectivity index (χ4n) is 1.91. The fourth-order valence-corrected chi connectivity index (χ4v) is 2.32. The van der Waals surface area contributed by atoms with Crippen molar-refractivity contribution in [2.45, 2.75) is 18.1 Å². The molecule has 0 unspecified atom stereocenters. The fraction of sp³-hybridized carbons (Fsp3) is 0.308. The van der Waals surface area contributed by atoms with Gasteiger partial charge in [-0.15, -0.1) is 16.4 Å². The first-order chi connectivity index (χ1) is 9.60. The van der Waals surface area contributed by atoms with Crippen LogP contribution in [-0.2, 0) is 13.2 Å². The maximum atomic E-state index is 10.8. The highest BCUT2D eigenvalue weighted by molar-refractivity contribution is 7.98. The van der Waals surface area contributed by atoms with Gasteiger partial charge in [0.05, 0.1) is 12.3 Å². The standard InChI is InChI=1S/C13H16N4O2S/c1-15(9-11-3-5-12(20-2)6-4-11)10-16-13(17(18)19)7-8-14-16/h3-8H,9-10H2,1-2H3. The molecule has 20 heavy (non-hydrogen) atoms. The van der Waals surface area contributed by atoms with Crippen molar-refractivity contribution in [2.24, 2.45) is 0 Å². The average Bonchev–Trinajstić information content (AvgIpc) is 2.87. The van der Waals surface area contributed by atoms with Crippen LogP contribution in [-0.4, -0.2) is 32.9 Å². The SMILES string of the molecule is CSc1ccc(CN(C)Cn2nccc2[N+](=O)[O-])cc1. The van der Waals surface area contributed by atoms with Gasteiger partial charge in [-0.1, -0.05) is 17.2 Å². The van der Waals surface area contributed by atoms with Crippen molar-refractivity contribution >= 4 is 17.6 Å². The lowest BCUT2D eigenvalue weighted by molar-refractivity contribution is -0.393. The summed E-state index contributed by atoms with van der Waals surface area (Å²) in [5.74, 6) is 0.00887. The lowest BCUT2D eigenvalue weighted by Crippen LogP contribution is -2.23. The van der Waals surface area contributed by atoms with Crippen LogP contribution in [0.25, 0.3) is 0 Å². The summed E-state index contributed by atoms with van der Waals surface area (Å²) in [5.41, 5.74) is 1.17. The first kappa shape index (κ1) is 14.5. The smallest absolute Gasteiger partial charge is 0.346 e. The van der Waals surface area contributed by atoms with Crippen LogP contribution in [0.1, 0.15) is 5.56 Å². The molecule has 2 rings (SSSR count). The first-order valence-electron chi connectivity index (χ1n) is 6.08. The monoisotopic (exact) mass is 292 g/mol. The van der Waals surface area contributed by atoms with E-state index in [0.29, 0.717) is 13.2 Å². The van der Waals surface area contributed by atoms with Gasteiger partial charge in [-0.05, 0) is 35.9 Å². The zero-order valence-electron chi connectivity index (χ0n) is 11.4. The van der Waals surface area contributed by atoms with Gasteiger partial charge in [0.25, 0.3) is 0 Å². The molecule has 0 fully saturated rings. The Morgan fingerprint density at radius 2 is 2.05 bits per heavy atom. The quantitative estimate of drug-likeness (QED) is 0.465. The molecule has 0 radical (unpaired) electrons. The predicted molar refractivity (Wildman–Crippen MR) is 78.6 cm³/mol. The Morgan fingerprint density at radius 1 is 1.35 bits per heavy atom. The van der Waals surface area contributed by atoms with E-state index in [-0.39, 0.29) is 5.82 Å². The minimum Gasteiger partial charge on any atom is -0.358 e. The van der Waals surface area contributed by atoms with Crippen LogP contribution in [0.15, 0.2) is 41.4 Å². The Bertz CT molecular complexity index is 582. The largest absolute Gasteiger partial charge is 0.358 e. The minimum atomic E-state index is -0.423. The van der Waals surface area contributed by atoms with Crippen molar-refractivity contribution in [1.82, 2.24) is 14.7 Å². The molecule has 0 N–H and O–H groups in total. The Labute approximate surface area is 121 Å². The van der Waals surface area contributed by atoms with E-state index < -0.39 is 4.92 Å². The lowest BCUT2D eigenvalue weighted by Gasteiger charge is -2.14. The number of nitrogens with zero attached hydrogens (tertiary/aromatic N) is 4.